The molecule has 31 heavy (non-hydrogen) atoms. The van der Waals surface area contributed by atoms with Gasteiger partial charge in [-0.15, -0.1) is 10.2 Å². The highest BCUT2D eigenvalue weighted by molar-refractivity contribution is 7.92. The van der Waals surface area contributed by atoms with Crippen LogP contribution in [-0.4, -0.2) is 35.5 Å². The van der Waals surface area contributed by atoms with Gasteiger partial charge in [-0.3, -0.25) is 9.20 Å². The van der Waals surface area contributed by atoms with Crippen LogP contribution < -0.4 is 10.0 Å². The Labute approximate surface area is 175 Å². The lowest BCUT2D eigenvalue weighted by Gasteiger charge is -2.08. The maximum atomic E-state index is 12.9. The van der Waals surface area contributed by atoms with Crippen LogP contribution >= 0.6 is 0 Å². The van der Waals surface area contributed by atoms with E-state index in [-0.39, 0.29) is 18.0 Å². The minimum atomic E-state index is -4.54. The zero-order chi connectivity index (χ0) is 22.6. The van der Waals surface area contributed by atoms with E-state index in [9.17, 15) is 26.4 Å². The Morgan fingerprint density at radius 3 is 2.52 bits per heavy atom. The molecule has 0 fully saturated rings. The first-order chi connectivity index (χ1) is 14.5. The van der Waals surface area contributed by atoms with E-state index in [1.807, 2.05) is 19.1 Å². The lowest BCUT2D eigenvalue weighted by molar-refractivity contribution is -0.137. The van der Waals surface area contributed by atoms with E-state index in [4.69, 9.17) is 0 Å². The summed E-state index contributed by atoms with van der Waals surface area (Å²) in [6, 6.07) is 9.21. The molecule has 2 aromatic heterocycles. The Hall–Kier alpha value is -3.25. The summed E-state index contributed by atoms with van der Waals surface area (Å²) in [5.74, 6) is -0.618. The van der Waals surface area contributed by atoms with Gasteiger partial charge in [0.05, 0.1) is 18.7 Å². The minimum absolute atomic E-state index is 0.0663. The van der Waals surface area contributed by atoms with Gasteiger partial charge in [0.25, 0.3) is 0 Å². The third-order valence-corrected chi connectivity index (χ3v) is 5.24. The number of fused-ring (bicyclic) bond motifs is 1. The van der Waals surface area contributed by atoms with Gasteiger partial charge in [0, 0.05) is 11.6 Å². The summed E-state index contributed by atoms with van der Waals surface area (Å²) in [4.78, 5) is 12.0. The second kappa shape index (κ2) is 8.86. The van der Waals surface area contributed by atoms with Crippen molar-refractivity contribution in [1.29, 1.82) is 0 Å². The number of carbonyl (C=O) groups excluding carboxylic acids is 1. The monoisotopic (exact) mass is 453 g/mol. The average Bonchev–Trinajstić information content (AvgIpc) is 3.12. The lowest BCUT2D eigenvalue weighted by atomic mass is 10.2. The largest absolute Gasteiger partial charge is 0.417 e. The summed E-state index contributed by atoms with van der Waals surface area (Å²) in [7, 11) is -3.86. The Balaban J connectivity index is 1.57. The smallest absolute Gasteiger partial charge is 0.348 e. The van der Waals surface area contributed by atoms with Gasteiger partial charge in [-0.25, -0.2) is 13.1 Å². The maximum Gasteiger partial charge on any atom is 0.417 e. The molecule has 164 valence electrons. The fourth-order valence-corrected chi connectivity index (χ4v) is 3.29. The van der Waals surface area contributed by atoms with Gasteiger partial charge >= 0.3 is 6.18 Å². The number of sulfonamides is 1. The summed E-state index contributed by atoms with van der Waals surface area (Å²) in [6.45, 7) is 1.12. The van der Waals surface area contributed by atoms with Gasteiger partial charge in [-0.2, -0.15) is 13.2 Å². The molecule has 0 atom stereocenters. The number of amides is 1. The van der Waals surface area contributed by atoms with E-state index in [1.165, 1.54) is 6.08 Å². The molecular weight excluding hydrogens is 435 g/mol. The highest BCUT2D eigenvalue weighted by atomic mass is 32.2. The number of rotatable bonds is 7. The third-order valence-electron chi connectivity index (χ3n) is 4.19. The molecule has 0 spiro atoms. The molecule has 0 radical (unpaired) electrons. The number of pyridine rings is 1. The van der Waals surface area contributed by atoms with Crippen molar-refractivity contribution in [3.63, 3.8) is 0 Å². The van der Waals surface area contributed by atoms with Crippen LogP contribution in [0.5, 0.6) is 0 Å². The van der Waals surface area contributed by atoms with Crippen LogP contribution in [0.3, 0.4) is 0 Å². The van der Waals surface area contributed by atoms with Crippen molar-refractivity contribution < 1.29 is 26.4 Å². The normalized spacial score (nSPS) is 12.5. The fraction of sp³-hybridized carbons (Fsp3) is 0.211. The van der Waals surface area contributed by atoms with E-state index in [1.54, 1.807) is 12.1 Å². The second-order valence-corrected chi connectivity index (χ2v) is 8.27. The summed E-state index contributed by atoms with van der Waals surface area (Å²) >= 11 is 0. The molecule has 3 rings (SSSR count). The van der Waals surface area contributed by atoms with Crippen LogP contribution in [0.4, 0.5) is 13.2 Å². The number of nitrogens with zero attached hydrogens (tertiary/aromatic N) is 3. The second-order valence-electron chi connectivity index (χ2n) is 6.62. The molecule has 0 bridgehead atoms. The Morgan fingerprint density at radius 2 is 1.84 bits per heavy atom. The first-order valence-electron chi connectivity index (χ1n) is 8.95. The number of alkyl halides is 3. The number of nitrogens with one attached hydrogen (secondary N) is 2. The van der Waals surface area contributed by atoms with Crippen molar-refractivity contribution in [2.75, 3.05) is 6.54 Å². The van der Waals surface area contributed by atoms with E-state index >= 15 is 0 Å². The van der Waals surface area contributed by atoms with E-state index in [2.05, 4.69) is 20.2 Å². The lowest BCUT2D eigenvalue weighted by Crippen LogP contribution is -2.36. The molecule has 0 unspecified atom stereocenters. The molecule has 1 amide bonds. The zero-order valence-electron chi connectivity index (χ0n) is 16.2. The molecule has 0 saturated carbocycles. The van der Waals surface area contributed by atoms with Crippen LogP contribution in [-0.2, 0) is 27.5 Å². The van der Waals surface area contributed by atoms with Crippen LogP contribution in [0.2, 0.25) is 0 Å². The summed E-state index contributed by atoms with van der Waals surface area (Å²) in [6.07, 6.45) is -2.32. The van der Waals surface area contributed by atoms with Crippen molar-refractivity contribution >= 4 is 27.7 Å². The molecule has 0 saturated heterocycles. The van der Waals surface area contributed by atoms with Crippen LogP contribution in [0.15, 0.2) is 48.0 Å². The molecule has 1 aromatic carbocycles. The summed E-state index contributed by atoms with van der Waals surface area (Å²) < 4.78 is 65.9. The van der Waals surface area contributed by atoms with Gasteiger partial charge < -0.3 is 5.32 Å². The van der Waals surface area contributed by atoms with Gasteiger partial charge in [-0.1, -0.05) is 29.8 Å². The fourth-order valence-electron chi connectivity index (χ4n) is 2.53. The SMILES string of the molecule is Cc1ccc(C=CS(=O)(=O)NCC(=O)NCc2nnc3ccc(C(F)(F)F)cn23)cc1. The number of aromatic nitrogens is 3. The predicted molar refractivity (Wildman–Crippen MR) is 107 cm³/mol. The van der Waals surface area contributed by atoms with Gasteiger partial charge in [-0.05, 0) is 30.7 Å². The van der Waals surface area contributed by atoms with Gasteiger partial charge in [0.15, 0.2) is 11.5 Å². The minimum Gasteiger partial charge on any atom is -0.348 e. The van der Waals surface area contributed by atoms with Crippen LogP contribution in [0, 0.1) is 6.92 Å². The van der Waals surface area contributed by atoms with Crippen LogP contribution in [0.25, 0.3) is 11.7 Å². The molecule has 0 aliphatic rings. The Bertz CT molecular complexity index is 1220. The van der Waals surface area contributed by atoms with Crippen molar-refractivity contribution in [3.05, 3.63) is 70.5 Å². The zero-order valence-corrected chi connectivity index (χ0v) is 17.0. The van der Waals surface area contributed by atoms with Crippen molar-refractivity contribution in [3.8, 4) is 0 Å². The highest BCUT2D eigenvalue weighted by Crippen LogP contribution is 2.29. The molecule has 2 N–H and O–H groups in total. The van der Waals surface area contributed by atoms with Crippen LogP contribution in [0.1, 0.15) is 22.5 Å². The third kappa shape index (κ3) is 6.12. The summed E-state index contributed by atoms with van der Waals surface area (Å²) in [5.41, 5.74) is 1.00. The van der Waals surface area contributed by atoms with Gasteiger partial charge in [0.1, 0.15) is 0 Å². The van der Waals surface area contributed by atoms with Gasteiger partial charge in [0.2, 0.25) is 15.9 Å². The quantitative estimate of drug-likeness (QED) is 0.571. The molecule has 12 heteroatoms. The highest BCUT2D eigenvalue weighted by Gasteiger charge is 2.31. The molecule has 0 aliphatic carbocycles. The number of hydrogen-bond donors (Lipinski definition) is 2. The Kier molecular flexibility index (Phi) is 6.41. The standard InChI is InChI=1S/C19H18F3N5O3S/c1-13-2-4-14(5-3-13)8-9-31(29,30)24-11-18(28)23-10-17-26-25-16-7-6-15(12-27(16)17)19(20,21)22/h2-9,12,24H,10-11H2,1H3,(H,23,28). The maximum absolute atomic E-state index is 12.9. The van der Waals surface area contributed by atoms with E-state index < -0.39 is 34.2 Å². The molecule has 3 aromatic rings. The molecular formula is C19H18F3N5O3S. The Morgan fingerprint density at radius 1 is 1.13 bits per heavy atom. The van der Waals surface area contributed by atoms with Crippen molar-refractivity contribution in [2.45, 2.75) is 19.6 Å². The summed E-state index contributed by atoms with van der Waals surface area (Å²) in [5, 5.41) is 10.8. The first kappa shape index (κ1) is 22.4. The number of benzene rings is 1. The topological polar surface area (TPSA) is 105 Å². The average molecular weight is 453 g/mol. The first-order valence-corrected chi connectivity index (χ1v) is 10.5. The number of aryl methyl sites for hydroxylation is 1. The number of carbonyl (C=O) groups is 1. The molecule has 8 nitrogen and oxygen atoms in total. The predicted octanol–water partition coefficient (Wildman–Crippen LogP) is 2.26. The van der Waals surface area contributed by atoms with E-state index in [0.29, 0.717) is 5.56 Å². The van der Waals surface area contributed by atoms with Crippen molar-refractivity contribution in [1.82, 2.24) is 24.6 Å². The number of halogens is 3. The number of hydrogen-bond acceptors (Lipinski definition) is 5. The molecule has 0 aliphatic heterocycles. The molecule has 2 heterocycles. The van der Waals surface area contributed by atoms with Crippen molar-refractivity contribution in [2.24, 2.45) is 0 Å². The van der Waals surface area contributed by atoms with E-state index in [0.717, 1.165) is 33.7 Å².